The van der Waals surface area contributed by atoms with Crippen molar-refractivity contribution >= 4 is 22.4 Å². The molecule has 2 rings (SSSR count). The van der Waals surface area contributed by atoms with Crippen molar-refractivity contribution in [3.05, 3.63) is 36.0 Å². The van der Waals surface area contributed by atoms with Gasteiger partial charge in [0, 0.05) is 17.7 Å². The summed E-state index contributed by atoms with van der Waals surface area (Å²) in [5.74, 6) is -0.149. The molecule has 17 heavy (non-hydrogen) atoms. The molecule has 1 aromatic carbocycles. The van der Waals surface area contributed by atoms with Gasteiger partial charge in [-0.3, -0.25) is 4.79 Å². The Morgan fingerprint density at radius 3 is 2.94 bits per heavy atom. The number of Topliss-reactive ketones (excluding diaryl/α,β-unsaturated/α-hetero) is 1. The van der Waals surface area contributed by atoms with Crippen molar-refractivity contribution in [1.29, 1.82) is 0 Å². The van der Waals surface area contributed by atoms with Crippen LogP contribution in [0.1, 0.15) is 17.4 Å². The number of benzene rings is 1. The Labute approximate surface area is 99.4 Å². The second-order valence-electron chi connectivity index (χ2n) is 3.67. The molecule has 0 unspecified atom stereocenters. The summed E-state index contributed by atoms with van der Waals surface area (Å²) in [7, 11) is 0. The third-order valence-corrected chi connectivity index (χ3v) is 2.47. The lowest BCUT2D eigenvalue weighted by molar-refractivity contribution is 0.0779. The number of carbonyl (C=O) groups excluding carboxylic acids is 1. The minimum atomic E-state index is -0.149. The van der Waals surface area contributed by atoms with Gasteiger partial charge in [-0.25, -0.2) is 4.98 Å². The first-order valence-electron chi connectivity index (χ1n) is 5.48. The Bertz CT molecular complexity index is 552. The minimum absolute atomic E-state index is 0.0429. The fourth-order valence-electron chi connectivity index (χ4n) is 1.61. The second-order valence-corrected chi connectivity index (χ2v) is 3.67. The number of nitrogens with zero attached hydrogens (tertiary/aromatic N) is 1. The fourth-order valence-corrected chi connectivity index (χ4v) is 1.61. The second kappa shape index (κ2) is 4.93. The van der Waals surface area contributed by atoms with E-state index in [1.807, 2.05) is 31.2 Å². The van der Waals surface area contributed by atoms with E-state index in [1.54, 1.807) is 6.07 Å². The van der Waals surface area contributed by atoms with Gasteiger partial charge < -0.3 is 10.5 Å². The highest BCUT2D eigenvalue weighted by molar-refractivity contribution is 6.00. The number of nitrogen functional groups attached to an aromatic ring is 1. The lowest BCUT2D eigenvalue weighted by atomic mass is 10.1. The summed E-state index contributed by atoms with van der Waals surface area (Å²) in [6.07, 6.45) is 0. The molecule has 4 heteroatoms. The summed E-state index contributed by atoms with van der Waals surface area (Å²) in [4.78, 5) is 16.0. The van der Waals surface area contributed by atoms with E-state index in [0.717, 1.165) is 10.9 Å². The largest absolute Gasteiger partial charge is 0.398 e. The molecule has 2 aromatic rings. The van der Waals surface area contributed by atoms with E-state index in [4.69, 9.17) is 10.5 Å². The number of hydrogen-bond acceptors (Lipinski definition) is 4. The van der Waals surface area contributed by atoms with Gasteiger partial charge in [0.1, 0.15) is 12.3 Å². The van der Waals surface area contributed by atoms with Crippen LogP contribution in [0.5, 0.6) is 0 Å². The summed E-state index contributed by atoms with van der Waals surface area (Å²) >= 11 is 0. The maximum atomic E-state index is 11.8. The highest BCUT2D eigenvalue weighted by atomic mass is 16.5. The number of ketones is 1. The number of pyridine rings is 1. The lowest BCUT2D eigenvalue weighted by Gasteiger charge is -2.05. The van der Waals surface area contributed by atoms with Gasteiger partial charge in [-0.05, 0) is 19.1 Å². The number of fused-ring (bicyclic) bond motifs is 1. The van der Waals surface area contributed by atoms with E-state index in [1.165, 1.54) is 0 Å². The van der Waals surface area contributed by atoms with Crippen LogP contribution < -0.4 is 5.73 Å². The van der Waals surface area contributed by atoms with Crippen molar-refractivity contribution < 1.29 is 9.53 Å². The Morgan fingerprint density at radius 2 is 2.18 bits per heavy atom. The molecule has 0 saturated carbocycles. The van der Waals surface area contributed by atoms with Gasteiger partial charge in [-0.15, -0.1) is 0 Å². The fraction of sp³-hybridized carbons (Fsp3) is 0.231. The van der Waals surface area contributed by atoms with Gasteiger partial charge in [0.15, 0.2) is 0 Å². The predicted molar refractivity (Wildman–Crippen MR) is 67.0 cm³/mol. The SMILES string of the molecule is CCOCC(=O)c1cc(N)c2ccccc2n1. The summed E-state index contributed by atoms with van der Waals surface area (Å²) < 4.78 is 5.07. The molecule has 0 aliphatic carbocycles. The number of aromatic nitrogens is 1. The van der Waals surface area contributed by atoms with Crippen molar-refractivity contribution in [1.82, 2.24) is 4.98 Å². The smallest absolute Gasteiger partial charge is 0.206 e. The van der Waals surface area contributed by atoms with Gasteiger partial charge in [-0.2, -0.15) is 0 Å². The van der Waals surface area contributed by atoms with E-state index in [2.05, 4.69) is 4.98 Å². The molecule has 0 atom stereocenters. The maximum Gasteiger partial charge on any atom is 0.206 e. The molecule has 2 N–H and O–H groups in total. The first-order valence-corrected chi connectivity index (χ1v) is 5.48. The van der Waals surface area contributed by atoms with Gasteiger partial charge in [-0.1, -0.05) is 18.2 Å². The van der Waals surface area contributed by atoms with Crippen molar-refractivity contribution in [3.63, 3.8) is 0 Å². The zero-order valence-corrected chi connectivity index (χ0v) is 9.64. The third kappa shape index (κ3) is 2.42. The van der Waals surface area contributed by atoms with Crippen LogP contribution in [-0.2, 0) is 4.74 Å². The van der Waals surface area contributed by atoms with E-state index in [0.29, 0.717) is 18.0 Å². The van der Waals surface area contributed by atoms with Gasteiger partial charge >= 0.3 is 0 Å². The molecule has 0 fully saturated rings. The number of nitrogens with two attached hydrogens (primary N) is 1. The Kier molecular flexibility index (Phi) is 3.35. The normalized spacial score (nSPS) is 10.6. The van der Waals surface area contributed by atoms with Crippen molar-refractivity contribution in [2.45, 2.75) is 6.92 Å². The molecule has 0 bridgehead atoms. The standard InChI is InChI=1S/C13H14N2O2/c1-2-17-8-13(16)12-7-10(14)9-5-3-4-6-11(9)15-12/h3-7H,2,8H2,1H3,(H2,14,15). The third-order valence-electron chi connectivity index (χ3n) is 2.47. The van der Waals surface area contributed by atoms with Crippen molar-refractivity contribution in [3.8, 4) is 0 Å². The number of hydrogen-bond donors (Lipinski definition) is 1. The maximum absolute atomic E-state index is 11.8. The lowest BCUT2D eigenvalue weighted by Crippen LogP contribution is -2.11. The van der Waals surface area contributed by atoms with E-state index >= 15 is 0 Å². The minimum Gasteiger partial charge on any atom is -0.398 e. The van der Waals surface area contributed by atoms with Crippen LogP contribution >= 0.6 is 0 Å². The zero-order chi connectivity index (χ0) is 12.3. The van der Waals surface area contributed by atoms with E-state index < -0.39 is 0 Å². The molecular weight excluding hydrogens is 216 g/mol. The zero-order valence-electron chi connectivity index (χ0n) is 9.64. The van der Waals surface area contributed by atoms with Crippen LogP contribution in [0.25, 0.3) is 10.9 Å². The Hall–Kier alpha value is -1.94. The summed E-state index contributed by atoms with van der Waals surface area (Å²) in [6, 6.07) is 9.08. The van der Waals surface area contributed by atoms with E-state index in [-0.39, 0.29) is 12.4 Å². The molecule has 88 valence electrons. The topological polar surface area (TPSA) is 65.2 Å². The first-order chi connectivity index (χ1) is 8.22. The molecular formula is C13H14N2O2. The monoisotopic (exact) mass is 230 g/mol. The molecule has 0 saturated heterocycles. The molecule has 0 spiro atoms. The number of para-hydroxylation sites is 1. The molecule has 0 aliphatic heterocycles. The van der Waals surface area contributed by atoms with Crippen LogP contribution in [0, 0.1) is 0 Å². The highest BCUT2D eigenvalue weighted by Crippen LogP contribution is 2.20. The number of rotatable bonds is 4. The summed E-state index contributed by atoms with van der Waals surface area (Å²) in [5.41, 5.74) is 7.54. The highest BCUT2D eigenvalue weighted by Gasteiger charge is 2.10. The van der Waals surface area contributed by atoms with Crippen LogP contribution in [0.2, 0.25) is 0 Å². The van der Waals surface area contributed by atoms with Crippen molar-refractivity contribution in [2.24, 2.45) is 0 Å². The molecule has 4 nitrogen and oxygen atoms in total. The summed E-state index contributed by atoms with van der Waals surface area (Å²) in [5, 5.41) is 0.862. The van der Waals surface area contributed by atoms with Gasteiger partial charge in [0.2, 0.25) is 5.78 Å². The number of carbonyl (C=O) groups is 1. The Balaban J connectivity index is 2.39. The van der Waals surface area contributed by atoms with Crippen LogP contribution in [0.4, 0.5) is 5.69 Å². The number of ether oxygens (including phenoxy) is 1. The summed E-state index contributed by atoms with van der Waals surface area (Å²) in [6.45, 7) is 2.39. The quantitative estimate of drug-likeness (QED) is 0.816. The van der Waals surface area contributed by atoms with Crippen LogP contribution in [0.3, 0.4) is 0 Å². The van der Waals surface area contributed by atoms with Crippen LogP contribution in [-0.4, -0.2) is 24.0 Å². The van der Waals surface area contributed by atoms with Gasteiger partial charge in [0.05, 0.1) is 5.52 Å². The van der Waals surface area contributed by atoms with Crippen molar-refractivity contribution in [2.75, 3.05) is 18.9 Å². The molecule has 0 aliphatic rings. The van der Waals surface area contributed by atoms with E-state index in [9.17, 15) is 4.79 Å². The molecule has 1 heterocycles. The molecule has 1 aromatic heterocycles. The number of anilines is 1. The van der Waals surface area contributed by atoms with Crippen LogP contribution in [0.15, 0.2) is 30.3 Å². The average molecular weight is 230 g/mol. The first kappa shape index (κ1) is 11.5. The Morgan fingerprint density at radius 1 is 1.41 bits per heavy atom. The van der Waals surface area contributed by atoms with Gasteiger partial charge in [0.25, 0.3) is 0 Å². The molecule has 0 radical (unpaired) electrons. The molecule has 0 amide bonds. The average Bonchev–Trinajstić information content (AvgIpc) is 2.36. The predicted octanol–water partition coefficient (Wildman–Crippen LogP) is 2.04.